The molecule has 0 spiro atoms. The van der Waals surface area contributed by atoms with E-state index < -0.39 is 5.97 Å². The summed E-state index contributed by atoms with van der Waals surface area (Å²) >= 11 is 0. The van der Waals surface area contributed by atoms with Crippen LogP contribution in [0.5, 0.6) is 0 Å². The van der Waals surface area contributed by atoms with Crippen LogP contribution >= 0.6 is 0 Å². The first-order valence-electron chi connectivity index (χ1n) is 9.57. The molecule has 3 heteroatoms. The molecule has 0 aliphatic heterocycles. The topological polar surface area (TPSA) is 46.5 Å². The highest BCUT2D eigenvalue weighted by atomic mass is 16.5. The van der Waals surface area contributed by atoms with Gasteiger partial charge in [-0.15, -0.1) is 0 Å². The van der Waals surface area contributed by atoms with Crippen molar-refractivity contribution in [3.63, 3.8) is 0 Å². The smallest absolute Gasteiger partial charge is 0.304 e. The van der Waals surface area contributed by atoms with Crippen LogP contribution < -0.4 is 0 Å². The Morgan fingerprint density at radius 3 is 2.52 bits per heavy atom. The van der Waals surface area contributed by atoms with Gasteiger partial charge in [-0.1, -0.05) is 49.5 Å². The van der Waals surface area contributed by atoms with Crippen LogP contribution in [0.15, 0.2) is 12.2 Å². The molecular formula is C24H30O3. The lowest BCUT2D eigenvalue weighted by atomic mass is 10.1. The standard InChI is InChI=1S/C24H30O3/c1-3-4-5-14-17-20-23(27-2)21-18-15-12-10-8-6-7-9-11-13-16-19-22-24(25)26/h6-7,23H,3-4,8,10,12,15,18-19,21-22H2,1-2H3,(H,25,26)/b7-6+/t23-/m0/s1. The number of rotatable bonds is 11. The predicted molar refractivity (Wildman–Crippen MR) is 111 cm³/mol. The highest BCUT2D eigenvalue weighted by molar-refractivity contribution is 5.67. The van der Waals surface area contributed by atoms with Gasteiger partial charge in [0.25, 0.3) is 0 Å². The average molecular weight is 367 g/mol. The van der Waals surface area contributed by atoms with Crippen LogP contribution in [-0.4, -0.2) is 24.3 Å². The summed E-state index contributed by atoms with van der Waals surface area (Å²) < 4.78 is 5.37. The fourth-order valence-corrected chi connectivity index (χ4v) is 2.04. The molecule has 0 saturated heterocycles. The van der Waals surface area contributed by atoms with Crippen LogP contribution in [0.25, 0.3) is 0 Å². The Bertz CT molecular complexity index is 672. The first kappa shape index (κ1) is 24.4. The zero-order chi connectivity index (χ0) is 20.0. The number of ether oxygens (including phenoxy) is 1. The molecule has 0 amide bonds. The molecule has 0 unspecified atom stereocenters. The van der Waals surface area contributed by atoms with E-state index in [-0.39, 0.29) is 12.5 Å². The summed E-state index contributed by atoms with van der Waals surface area (Å²) in [4.78, 5) is 10.3. The minimum absolute atomic E-state index is 0.0206. The number of methoxy groups -OCH3 is 1. The quantitative estimate of drug-likeness (QED) is 0.430. The van der Waals surface area contributed by atoms with Gasteiger partial charge in [0, 0.05) is 20.0 Å². The number of hydrogen-bond acceptors (Lipinski definition) is 2. The Kier molecular flexibility index (Phi) is 17.8. The van der Waals surface area contributed by atoms with E-state index in [1.165, 1.54) is 6.42 Å². The van der Waals surface area contributed by atoms with Crippen molar-refractivity contribution < 1.29 is 14.6 Å². The lowest BCUT2D eigenvalue weighted by molar-refractivity contribution is -0.136. The van der Waals surface area contributed by atoms with Crippen LogP contribution in [0.3, 0.4) is 0 Å². The molecule has 1 N–H and O–H groups in total. The van der Waals surface area contributed by atoms with E-state index in [9.17, 15) is 4.79 Å². The van der Waals surface area contributed by atoms with Gasteiger partial charge in [0.15, 0.2) is 0 Å². The molecule has 27 heavy (non-hydrogen) atoms. The van der Waals surface area contributed by atoms with E-state index in [4.69, 9.17) is 9.84 Å². The van der Waals surface area contributed by atoms with Gasteiger partial charge in [0.2, 0.25) is 0 Å². The second-order valence-corrected chi connectivity index (χ2v) is 5.90. The number of carboxylic acid groups (broad SMARTS) is 1. The van der Waals surface area contributed by atoms with Gasteiger partial charge >= 0.3 is 5.97 Å². The fraction of sp³-hybridized carbons (Fsp3) is 0.542. The van der Waals surface area contributed by atoms with Crippen molar-refractivity contribution in [2.24, 2.45) is 0 Å². The van der Waals surface area contributed by atoms with Crippen LogP contribution in [-0.2, 0) is 9.53 Å². The lowest BCUT2D eigenvalue weighted by Crippen LogP contribution is -2.06. The third-order valence-corrected chi connectivity index (χ3v) is 3.52. The van der Waals surface area contributed by atoms with Crippen molar-refractivity contribution in [2.75, 3.05) is 7.11 Å². The Morgan fingerprint density at radius 1 is 1.04 bits per heavy atom. The third kappa shape index (κ3) is 19.6. The van der Waals surface area contributed by atoms with Gasteiger partial charge in [0.05, 0.1) is 6.42 Å². The first-order chi connectivity index (χ1) is 13.2. The van der Waals surface area contributed by atoms with Crippen molar-refractivity contribution in [3.05, 3.63) is 12.2 Å². The van der Waals surface area contributed by atoms with Crippen molar-refractivity contribution in [2.45, 2.75) is 77.2 Å². The number of unbranched alkanes of at least 4 members (excludes halogenated alkanes) is 5. The summed E-state index contributed by atoms with van der Waals surface area (Å²) in [5.74, 6) is 21.9. The maximum absolute atomic E-state index is 10.3. The number of carboxylic acids is 1. The maximum atomic E-state index is 10.3. The van der Waals surface area contributed by atoms with Crippen molar-refractivity contribution in [3.8, 4) is 47.4 Å². The molecule has 0 fully saturated rings. The number of aliphatic carboxylic acids is 1. The summed E-state index contributed by atoms with van der Waals surface area (Å²) in [5.41, 5.74) is 0. The Labute approximate surface area is 165 Å². The summed E-state index contributed by atoms with van der Waals surface area (Å²) in [6.45, 7) is 2.10. The Hall–Kier alpha value is -2.59. The molecule has 0 saturated carbocycles. The van der Waals surface area contributed by atoms with Crippen LogP contribution in [0, 0.1) is 47.4 Å². The van der Waals surface area contributed by atoms with Crippen molar-refractivity contribution in [1.82, 2.24) is 0 Å². The van der Waals surface area contributed by atoms with Gasteiger partial charge in [-0.3, -0.25) is 4.79 Å². The molecule has 0 aliphatic carbocycles. The maximum Gasteiger partial charge on any atom is 0.304 e. The van der Waals surface area contributed by atoms with Gasteiger partial charge < -0.3 is 9.84 Å². The van der Waals surface area contributed by atoms with Crippen molar-refractivity contribution >= 4 is 5.97 Å². The van der Waals surface area contributed by atoms with Gasteiger partial charge in [0.1, 0.15) is 6.10 Å². The molecule has 0 bridgehead atoms. The Morgan fingerprint density at radius 2 is 1.78 bits per heavy atom. The van der Waals surface area contributed by atoms with E-state index >= 15 is 0 Å². The van der Waals surface area contributed by atoms with E-state index in [0.717, 1.165) is 44.9 Å². The zero-order valence-electron chi connectivity index (χ0n) is 16.6. The largest absolute Gasteiger partial charge is 0.481 e. The minimum atomic E-state index is -0.834. The van der Waals surface area contributed by atoms with Gasteiger partial charge in [-0.05, 0) is 61.9 Å². The van der Waals surface area contributed by atoms with Gasteiger partial charge in [-0.25, -0.2) is 0 Å². The molecule has 0 aromatic heterocycles. The highest BCUT2D eigenvalue weighted by Crippen LogP contribution is 2.09. The van der Waals surface area contributed by atoms with E-state index in [1.54, 1.807) is 7.11 Å². The minimum Gasteiger partial charge on any atom is -0.481 e. The van der Waals surface area contributed by atoms with E-state index in [2.05, 4.69) is 54.3 Å². The number of allylic oxidation sites excluding steroid dienone is 2. The molecule has 0 rings (SSSR count). The first-order valence-corrected chi connectivity index (χ1v) is 9.57. The number of carbonyl (C=O) groups is 1. The molecule has 144 valence electrons. The zero-order valence-corrected chi connectivity index (χ0v) is 16.6. The second-order valence-electron chi connectivity index (χ2n) is 5.90. The normalized spacial score (nSPS) is 10.3. The molecule has 0 radical (unpaired) electrons. The third-order valence-electron chi connectivity index (χ3n) is 3.52. The highest BCUT2D eigenvalue weighted by Gasteiger charge is 2.01. The molecule has 1 atom stereocenters. The van der Waals surface area contributed by atoms with Crippen molar-refractivity contribution in [1.29, 1.82) is 0 Å². The molecule has 3 nitrogen and oxygen atoms in total. The molecule has 0 heterocycles. The number of hydrogen-bond donors (Lipinski definition) is 1. The predicted octanol–water partition coefficient (Wildman–Crippen LogP) is 4.58. The SMILES string of the molecule is CCCC#CC#C[C@@H](CCCCCC/C=C/C#CC#CCCC(=O)O)OC. The lowest BCUT2D eigenvalue weighted by Gasteiger charge is -2.07. The fourth-order valence-electron chi connectivity index (χ4n) is 2.04. The van der Waals surface area contributed by atoms with E-state index in [0.29, 0.717) is 6.42 Å². The van der Waals surface area contributed by atoms with Crippen LogP contribution in [0.1, 0.15) is 71.1 Å². The van der Waals surface area contributed by atoms with Crippen LogP contribution in [0.4, 0.5) is 0 Å². The molecule has 0 aliphatic rings. The summed E-state index contributed by atoms with van der Waals surface area (Å²) in [7, 11) is 1.70. The molecule has 0 aromatic carbocycles. The summed E-state index contributed by atoms with van der Waals surface area (Å²) in [6, 6.07) is 0. The monoisotopic (exact) mass is 366 g/mol. The van der Waals surface area contributed by atoms with E-state index in [1.807, 2.05) is 12.2 Å². The average Bonchev–Trinajstić information content (AvgIpc) is 2.66. The van der Waals surface area contributed by atoms with Crippen LogP contribution in [0.2, 0.25) is 0 Å². The molecular weight excluding hydrogens is 336 g/mol. The summed E-state index contributed by atoms with van der Waals surface area (Å²) in [6.07, 6.45) is 12.7. The second kappa shape index (κ2) is 19.7. The Balaban J connectivity index is 3.74. The molecule has 0 aromatic rings. The van der Waals surface area contributed by atoms with Gasteiger partial charge in [-0.2, -0.15) is 0 Å². The summed E-state index contributed by atoms with van der Waals surface area (Å²) in [5, 5.41) is 8.46.